The molecule has 1 amide bonds. The number of likely N-dealkylation sites (tertiary alicyclic amines) is 1. The second-order valence-electron chi connectivity index (χ2n) is 7.53. The van der Waals surface area contributed by atoms with Gasteiger partial charge in [0.05, 0.1) is 12.1 Å². The molecule has 2 aromatic rings. The van der Waals surface area contributed by atoms with Gasteiger partial charge in [-0.3, -0.25) is 4.79 Å². The fraction of sp³-hybridized carbons (Fsp3) is 0.500. The summed E-state index contributed by atoms with van der Waals surface area (Å²) in [7, 11) is 2.17. The van der Waals surface area contributed by atoms with Crippen LogP contribution in [0, 0.1) is 20.8 Å². The molecule has 132 valence electrons. The van der Waals surface area contributed by atoms with Crippen molar-refractivity contribution >= 4 is 11.6 Å². The summed E-state index contributed by atoms with van der Waals surface area (Å²) in [5.74, 6) is 1.30. The third-order valence-corrected chi connectivity index (χ3v) is 5.73. The largest absolute Gasteiger partial charge is 0.361 e. The number of anilines is 1. The van der Waals surface area contributed by atoms with E-state index in [2.05, 4.69) is 47.1 Å². The number of likely N-dealkylation sites (N-methyl/N-ethyl adjacent to an activating group) is 1. The third-order valence-electron chi connectivity index (χ3n) is 5.73. The molecule has 0 aliphatic carbocycles. The van der Waals surface area contributed by atoms with Gasteiger partial charge in [-0.15, -0.1) is 0 Å². The van der Waals surface area contributed by atoms with Crippen LogP contribution in [-0.4, -0.2) is 42.1 Å². The number of carbonyl (C=O) groups is 1. The predicted molar refractivity (Wildman–Crippen MR) is 97.0 cm³/mol. The molecule has 1 aromatic heterocycles. The highest BCUT2D eigenvalue weighted by Gasteiger charge is 2.43. The Bertz CT molecular complexity index is 807. The van der Waals surface area contributed by atoms with E-state index in [1.54, 1.807) is 0 Å². The topological polar surface area (TPSA) is 49.6 Å². The zero-order valence-corrected chi connectivity index (χ0v) is 15.4. The van der Waals surface area contributed by atoms with E-state index in [4.69, 9.17) is 4.52 Å². The highest BCUT2D eigenvalue weighted by Crippen LogP contribution is 2.45. The molecule has 5 heteroatoms. The molecule has 2 atom stereocenters. The molecular weight excluding hydrogens is 314 g/mol. The second kappa shape index (κ2) is 5.99. The molecular formula is C20H25N3O2. The van der Waals surface area contributed by atoms with Crippen molar-refractivity contribution in [2.45, 2.75) is 45.6 Å². The molecule has 1 saturated heterocycles. The second-order valence-corrected chi connectivity index (χ2v) is 7.53. The minimum absolute atomic E-state index is 0.150. The van der Waals surface area contributed by atoms with Crippen LogP contribution in [0.15, 0.2) is 22.7 Å². The van der Waals surface area contributed by atoms with E-state index in [0.717, 1.165) is 42.2 Å². The van der Waals surface area contributed by atoms with Crippen LogP contribution >= 0.6 is 0 Å². The normalized spacial score (nSPS) is 22.8. The molecule has 0 unspecified atom stereocenters. The van der Waals surface area contributed by atoms with Crippen molar-refractivity contribution in [3.05, 3.63) is 46.3 Å². The lowest BCUT2D eigenvalue weighted by Gasteiger charge is -2.36. The number of carbonyl (C=O) groups excluding carboxylic acids is 1. The first kappa shape index (κ1) is 16.3. The summed E-state index contributed by atoms with van der Waals surface area (Å²) in [4.78, 5) is 17.7. The van der Waals surface area contributed by atoms with Gasteiger partial charge in [-0.25, -0.2) is 0 Å². The number of aromatic nitrogens is 1. The maximum Gasteiger partial charge on any atom is 0.231 e. The van der Waals surface area contributed by atoms with Crippen molar-refractivity contribution in [2.75, 3.05) is 25.0 Å². The van der Waals surface area contributed by atoms with Crippen LogP contribution in [0.4, 0.5) is 5.69 Å². The fourth-order valence-electron chi connectivity index (χ4n) is 4.40. The maximum absolute atomic E-state index is 13.2. The van der Waals surface area contributed by atoms with Crippen LogP contribution < -0.4 is 4.90 Å². The Balaban J connectivity index is 1.70. The van der Waals surface area contributed by atoms with Gasteiger partial charge in [0.25, 0.3) is 0 Å². The Morgan fingerprint density at radius 2 is 2.12 bits per heavy atom. The molecule has 0 radical (unpaired) electrons. The average molecular weight is 339 g/mol. The average Bonchev–Trinajstić information content (AvgIpc) is 3.06. The van der Waals surface area contributed by atoms with E-state index in [9.17, 15) is 4.79 Å². The van der Waals surface area contributed by atoms with Gasteiger partial charge in [-0.2, -0.15) is 0 Å². The highest BCUT2D eigenvalue weighted by molar-refractivity contribution is 5.98. The summed E-state index contributed by atoms with van der Waals surface area (Å²) in [6.07, 6.45) is 1.37. The molecule has 0 bridgehead atoms. The lowest BCUT2D eigenvalue weighted by Crippen LogP contribution is -2.47. The number of fused-ring (bicyclic) bond motifs is 3. The van der Waals surface area contributed by atoms with Crippen LogP contribution in [0.2, 0.25) is 0 Å². The lowest BCUT2D eigenvalue weighted by atomic mass is 9.88. The monoisotopic (exact) mass is 339 g/mol. The van der Waals surface area contributed by atoms with Gasteiger partial charge in [0.2, 0.25) is 5.91 Å². The molecule has 4 rings (SSSR count). The lowest BCUT2D eigenvalue weighted by molar-refractivity contribution is -0.118. The number of piperidine rings is 1. The number of amides is 1. The van der Waals surface area contributed by atoms with Crippen LogP contribution in [0.5, 0.6) is 0 Å². The summed E-state index contributed by atoms with van der Waals surface area (Å²) in [6, 6.07) is 6.75. The summed E-state index contributed by atoms with van der Waals surface area (Å²) >= 11 is 0. The number of benzene rings is 1. The molecule has 5 nitrogen and oxygen atoms in total. The van der Waals surface area contributed by atoms with Gasteiger partial charge < -0.3 is 14.3 Å². The van der Waals surface area contributed by atoms with Crippen molar-refractivity contribution in [2.24, 2.45) is 0 Å². The summed E-state index contributed by atoms with van der Waals surface area (Å²) in [6.45, 7) is 7.94. The first-order valence-electron chi connectivity index (χ1n) is 8.98. The molecule has 2 aliphatic rings. The number of nitrogens with zero attached hydrogens (tertiary/aromatic N) is 3. The standard InChI is InChI=1S/C20H25N3O2/c1-12-5-6-18-16(9-12)17-11-22(4)8-7-19(17)23(18)20(24)10-15-13(2)21-25-14(15)3/h5-6,9,17,19H,7-8,10-11H2,1-4H3/t17-,19-/m0/s1. The zero-order chi connectivity index (χ0) is 17.7. The molecule has 3 heterocycles. The Morgan fingerprint density at radius 1 is 1.32 bits per heavy atom. The van der Waals surface area contributed by atoms with Crippen LogP contribution in [0.1, 0.15) is 40.5 Å². The van der Waals surface area contributed by atoms with E-state index in [1.165, 1.54) is 11.1 Å². The first-order valence-corrected chi connectivity index (χ1v) is 8.98. The van der Waals surface area contributed by atoms with E-state index in [0.29, 0.717) is 12.3 Å². The number of rotatable bonds is 2. The summed E-state index contributed by atoms with van der Waals surface area (Å²) in [5, 5.41) is 3.99. The van der Waals surface area contributed by atoms with Crippen molar-refractivity contribution in [3.63, 3.8) is 0 Å². The smallest absolute Gasteiger partial charge is 0.231 e. The minimum atomic E-state index is 0.150. The Labute approximate surface area is 148 Å². The Morgan fingerprint density at radius 3 is 2.84 bits per heavy atom. The zero-order valence-electron chi connectivity index (χ0n) is 15.4. The van der Waals surface area contributed by atoms with Crippen molar-refractivity contribution in [3.8, 4) is 0 Å². The van der Waals surface area contributed by atoms with Gasteiger partial charge in [-0.05, 0) is 52.4 Å². The minimum Gasteiger partial charge on any atom is -0.361 e. The molecule has 1 aromatic carbocycles. The third kappa shape index (κ3) is 2.67. The molecule has 0 N–H and O–H groups in total. The van der Waals surface area contributed by atoms with E-state index in [1.807, 2.05) is 13.8 Å². The highest BCUT2D eigenvalue weighted by atomic mass is 16.5. The SMILES string of the molecule is Cc1ccc2c(c1)[C@@H]1CN(C)CC[C@@H]1N2C(=O)Cc1c(C)noc1C. The maximum atomic E-state index is 13.2. The Hall–Kier alpha value is -2.14. The number of hydrogen-bond acceptors (Lipinski definition) is 4. The number of hydrogen-bond donors (Lipinski definition) is 0. The fourth-order valence-corrected chi connectivity index (χ4v) is 4.40. The van der Waals surface area contributed by atoms with E-state index in [-0.39, 0.29) is 11.9 Å². The molecule has 0 saturated carbocycles. The van der Waals surface area contributed by atoms with E-state index >= 15 is 0 Å². The molecule has 1 fully saturated rings. The summed E-state index contributed by atoms with van der Waals surface area (Å²) < 4.78 is 5.24. The number of aryl methyl sites for hydroxylation is 3. The molecule has 25 heavy (non-hydrogen) atoms. The van der Waals surface area contributed by atoms with Gasteiger partial charge in [0.1, 0.15) is 5.76 Å². The quantitative estimate of drug-likeness (QED) is 0.844. The Kier molecular flexibility index (Phi) is 3.91. The van der Waals surface area contributed by atoms with Gasteiger partial charge in [0.15, 0.2) is 0 Å². The van der Waals surface area contributed by atoms with Crippen molar-refractivity contribution < 1.29 is 9.32 Å². The van der Waals surface area contributed by atoms with Crippen LogP contribution in [-0.2, 0) is 11.2 Å². The first-order chi connectivity index (χ1) is 12.0. The molecule has 0 spiro atoms. The van der Waals surface area contributed by atoms with Gasteiger partial charge in [-0.1, -0.05) is 22.9 Å². The summed E-state index contributed by atoms with van der Waals surface area (Å²) in [5.41, 5.74) is 5.41. The predicted octanol–water partition coefficient (Wildman–Crippen LogP) is 2.98. The van der Waals surface area contributed by atoms with Gasteiger partial charge >= 0.3 is 0 Å². The van der Waals surface area contributed by atoms with Crippen LogP contribution in [0.25, 0.3) is 0 Å². The van der Waals surface area contributed by atoms with Crippen molar-refractivity contribution in [1.82, 2.24) is 10.1 Å². The van der Waals surface area contributed by atoms with Gasteiger partial charge in [0, 0.05) is 29.8 Å². The van der Waals surface area contributed by atoms with Crippen LogP contribution in [0.3, 0.4) is 0 Å². The van der Waals surface area contributed by atoms with E-state index < -0.39 is 0 Å². The molecule has 2 aliphatic heterocycles. The van der Waals surface area contributed by atoms with Crippen molar-refractivity contribution in [1.29, 1.82) is 0 Å².